The van der Waals surface area contributed by atoms with E-state index >= 15 is 0 Å². The van der Waals surface area contributed by atoms with E-state index < -0.39 is 41.6 Å². The number of carbonyl (C=O) groups excluding carboxylic acids is 2. The van der Waals surface area contributed by atoms with Gasteiger partial charge < -0.3 is 10.6 Å². The van der Waals surface area contributed by atoms with Gasteiger partial charge in [0.15, 0.2) is 11.5 Å². The van der Waals surface area contributed by atoms with Gasteiger partial charge in [-0.15, -0.1) is 0 Å². The Morgan fingerprint density at radius 2 is 1.79 bits per heavy atom. The minimum atomic E-state index is -4.78. The molecule has 2 atom stereocenters. The molecule has 0 saturated heterocycles. The van der Waals surface area contributed by atoms with Gasteiger partial charge in [-0.2, -0.15) is 32.3 Å². The number of hydrogen-bond donors (Lipinski definition) is 2. The van der Waals surface area contributed by atoms with E-state index in [9.17, 15) is 36.8 Å². The standard InChI is InChI=1S/C31H42F5N5O2/c1-9-11-12-23(17-38-29(32)33)14-20(4)28(43)39-30(7,8)18-41-26(15-27(40-41)31(34,35)36)24(13-19(3)10-2)21(5)25(16-37)22(6)42/h11-13,15,17,19-20,29,38H,9-10,14,18H2,1-8H3,(H,39,43)/b12-11+,23-17+,24-13+,25-21-. The van der Waals surface area contributed by atoms with E-state index in [2.05, 4.69) is 10.4 Å². The number of nitriles is 1. The fraction of sp³-hybridized carbons (Fsp3) is 0.548. The van der Waals surface area contributed by atoms with Gasteiger partial charge in [-0.25, -0.2) is 0 Å². The first-order valence-electron chi connectivity index (χ1n) is 14.1. The number of hydrogen-bond acceptors (Lipinski definition) is 5. The predicted molar refractivity (Wildman–Crippen MR) is 156 cm³/mol. The highest BCUT2D eigenvalue weighted by molar-refractivity contribution is 6.01. The van der Waals surface area contributed by atoms with Crippen LogP contribution in [0.25, 0.3) is 5.57 Å². The van der Waals surface area contributed by atoms with Crippen molar-refractivity contribution in [2.75, 3.05) is 0 Å². The van der Waals surface area contributed by atoms with Crippen LogP contribution in [0.3, 0.4) is 0 Å². The van der Waals surface area contributed by atoms with Crippen molar-refractivity contribution in [2.45, 2.75) is 99.5 Å². The van der Waals surface area contributed by atoms with Crippen LogP contribution in [0.15, 0.2) is 47.2 Å². The van der Waals surface area contributed by atoms with Gasteiger partial charge in [-0.3, -0.25) is 14.3 Å². The molecule has 43 heavy (non-hydrogen) atoms. The molecule has 0 aromatic carbocycles. The second-order valence-corrected chi connectivity index (χ2v) is 11.2. The zero-order valence-corrected chi connectivity index (χ0v) is 26.0. The van der Waals surface area contributed by atoms with Gasteiger partial charge in [0, 0.05) is 17.7 Å². The van der Waals surface area contributed by atoms with Crippen LogP contribution >= 0.6 is 0 Å². The number of rotatable bonds is 15. The lowest BCUT2D eigenvalue weighted by Crippen LogP contribution is -2.48. The largest absolute Gasteiger partial charge is 0.435 e. The maximum atomic E-state index is 13.9. The average Bonchev–Trinajstić information content (AvgIpc) is 3.31. The van der Waals surface area contributed by atoms with Crippen molar-refractivity contribution in [3.8, 4) is 6.07 Å². The summed E-state index contributed by atoms with van der Waals surface area (Å²) in [5.74, 6) is -1.72. The number of halogens is 5. The Labute approximate surface area is 250 Å². The van der Waals surface area contributed by atoms with Crippen LogP contribution in [0, 0.1) is 23.2 Å². The molecule has 0 saturated carbocycles. The summed E-state index contributed by atoms with van der Waals surface area (Å²) in [4.78, 5) is 25.3. The van der Waals surface area contributed by atoms with Gasteiger partial charge in [-0.1, -0.05) is 52.3 Å². The Hall–Kier alpha value is -3.75. The zero-order chi connectivity index (χ0) is 33.1. The Morgan fingerprint density at radius 3 is 2.28 bits per heavy atom. The molecule has 0 bridgehead atoms. The van der Waals surface area contributed by atoms with E-state index in [-0.39, 0.29) is 41.3 Å². The first kappa shape index (κ1) is 37.3. The molecule has 238 valence electrons. The van der Waals surface area contributed by atoms with Crippen molar-refractivity contribution in [2.24, 2.45) is 11.8 Å². The number of allylic oxidation sites excluding steroid dienone is 7. The third-order valence-electron chi connectivity index (χ3n) is 6.64. The molecule has 1 rings (SSSR count). The van der Waals surface area contributed by atoms with E-state index in [1.54, 1.807) is 39.0 Å². The molecular weight excluding hydrogens is 569 g/mol. The van der Waals surface area contributed by atoms with Crippen molar-refractivity contribution in [3.05, 3.63) is 58.6 Å². The zero-order valence-electron chi connectivity index (χ0n) is 26.0. The SMILES string of the molecule is CC/C=C/C(=C\NC(F)F)CC(C)C(=O)NC(C)(C)Cn1nc(C(F)(F)F)cc1C(=C/C(C)CC)/C(C)=C(/C#N)C(C)=O. The highest BCUT2D eigenvalue weighted by Crippen LogP contribution is 2.34. The number of alkyl halides is 5. The van der Waals surface area contributed by atoms with Crippen LogP contribution < -0.4 is 10.6 Å². The highest BCUT2D eigenvalue weighted by atomic mass is 19.4. The van der Waals surface area contributed by atoms with Crippen LogP contribution in [0.2, 0.25) is 0 Å². The van der Waals surface area contributed by atoms with E-state index in [1.165, 1.54) is 13.8 Å². The fourth-order valence-electron chi connectivity index (χ4n) is 4.19. The van der Waals surface area contributed by atoms with Gasteiger partial charge in [0.2, 0.25) is 5.91 Å². The number of amides is 1. The molecule has 2 unspecified atom stereocenters. The molecule has 0 aliphatic carbocycles. The minimum absolute atomic E-state index is 0.0440. The van der Waals surface area contributed by atoms with E-state index in [0.717, 1.165) is 16.9 Å². The molecule has 1 amide bonds. The molecule has 2 N–H and O–H groups in total. The third-order valence-corrected chi connectivity index (χ3v) is 6.64. The molecule has 0 fully saturated rings. The Bertz CT molecular complexity index is 1300. The van der Waals surface area contributed by atoms with Crippen LogP contribution in [0.5, 0.6) is 0 Å². The summed E-state index contributed by atoms with van der Waals surface area (Å²) in [5, 5.41) is 18.2. The third kappa shape index (κ3) is 11.8. The molecule has 1 aromatic rings. The summed E-state index contributed by atoms with van der Waals surface area (Å²) in [6.45, 7) is 10.3. The fourth-order valence-corrected chi connectivity index (χ4v) is 4.19. The van der Waals surface area contributed by atoms with Crippen molar-refractivity contribution in [1.29, 1.82) is 5.26 Å². The van der Waals surface area contributed by atoms with Crippen LogP contribution in [-0.4, -0.2) is 33.6 Å². The first-order chi connectivity index (χ1) is 19.9. The highest BCUT2D eigenvalue weighted by Gasteiger charge is 2.37. The maximum Gasteiger partial charge on any atom is 0.435 e. The van der Waals surface area contributed by atoms with Gasteiger partial charge in [0.25, 0.3) is 0 Å². The Balaban J connectivity index is 3.54. The van der Waals surface area contributed by atoms with E-state index in [1.807, 2.05) is 32.2 Å². The molecule has 0 aliphatic heterocycles. The molecule has 1 heterocycles. The normalized spacial score (nSPS) is 15.3. The molecule has 0 aliphatic rings. The van der Waals surface area contributed by atoms with E-state index in [4.69, 9.17) is 0 Å². The predicted octanol–water partition coefficient (Wildman–Crippen LogP) is 7.34. The number of Topliss-reactive ketones (excluding diaryl/α,β-unsaturated/α-hetero) is 1. The monoisotopic (exact) mass is 611 g/mol. The smallest absolute Gasteiger partial charge is 0.349 e. The van der Waals surface area contributed by atoms with Crippen molar-refractivity contribution in [1.82, 2.24) is 20.4 Å². The number of ketones is 1. The number of carbonyl (C=O) groups is 2. The molecular formula is C31H42F5N5O2. The quantitative estimate of drug-likeness (QED) is 0.0711. The summed E-state index contributed by atoms with van der Waals surface area (Å²) in [7, 11) is 0. The Kier molecular flexibility index (Phi) is 14.0. The molecule has 0 radical (unpaired) electrons. The van der Waals surface area contributed by atoms with Gasteiger partial charge in [0.1, 0.15) is 6.07 Å². The lowest BCUT2D eigenvalue weighted by molar-refractivity contribution is -0.141. The van der Waals surface area contributed by atoms with E-state index in [0.29, 0.717) is 18.4 Å². The maximum absolute atomic E-state index is 13.9. The van der Waals surface area contributed by atoms with Crippen molar-refractivity contribution < 1.29 is 31.5 Å². The number of nitrogens with one attached hydrogen (secondary N) is 2. The summed E-state index contributed by atoms with van der Waals surface area (Å²) in [6, 6.07) is 2.73. The second kappa shape index (κ2) is 16.2. The summed E-state index contributed by atoms with van der Waals surface area (Å²) >= 11 is 0. The van der Waals surface area contributed by atoms with Crippen LogP contribution in [-0.2, 0) is 22.3 Å². The summed E-state index contributed by atoms with van der Waals surface area (Å²) in [6.07, 6.45) is 2.95. The summed E-state index contributed by atoms with van der Waals surface area (Å²) < 4.78 is 68.0. The Morgan fingerprint density at radius 1 is 1.16 bits per heavy atom. The molecule has 1 aromatic heterocycles. The van der Waals surface area contributed by atoms with Gasteiger partial charge >= 0.3 is 12.7 Å². The lowest BCUT2D eigenvalue weighted by Gasteiger charge is -2.29. The molecule has 12 heteroatoms. The van der Waals surface area contributed by atoms with Gasteiger partial charge in [-0.05, 0) is 63.7 Å². The summed E-state index contributed by atoms with van der Waals surface area (Å²) in [5.41, 5.74) is -1.45. The van der Waals surface area contributed by atoms with Crippen LogP contribution in [0.1, 0.15) is 86.0 Å². The second-order valence-electron chi connectivity index (χ2n) is 11.2. The topological polar surface area (TPSA) is 99.8 Å². The van der Waals surface area contributed by atoms with Crippen LogP contribution in [0.4, 0.5) is 22.0 Å². The van der Waals surface area contributed by atoms with Crippen molar-refractivity contribution in [3.63, 3.8) is 0 Å². The first-order valence-corrected chi connectivity index (χ1v) is 14.1. The minimum Gasteiger partial charge on any atom is -0.349 e. The molecule has 7 nitrogen and oxygen atoms in total. The number of nitrogens with zero attached hydrogens (tertiary/aromatic N) is 3. The lowest BCUT2D eigenvalue weighted by atomic mass is 9.92. The number of aromatic nitrogens is 2. The average molecular weight is 612 g/mol. The van der Waals surface area contributed by atoms with Crippen molar-refractivity contribution >= 4 is 17.3 Å². The van der Waals surface area contributed by atoms with Gasteiger partial charge in [0.05, 0.1) is 23.4 Å². The molecule has 0 spiro atoms.